The number of hydrogen-bond acceptors (Lipinski definition) is 5. The van der Waals surface area contributed by atoms with Gasteiger partial charge in [-0.25, -0.2) is 12.4 Å². The minimum absolute atomic E-state index is 0.00172. The first-order valence-corrected chi connectivity index (χ1v) is 11.4. The number of carbonyl (C=O) groups excluding carboxylic acids is 1. The van der Waals surface area contributed by atoms with E-state index in [-0.39, 0.29) is 27.4 Å². The summed E-state index contributed by atoms with van der Waals surface area (Å²) in [7, 11) is -4.33. The number of hydrogen-bond donors (Lipinski definition) is 0. The topological polar surface area (TPSA) is 92.8 Å². The van der Waals surface area contributed by atoms with Crippen LogP contribution in [-0.2, 0) is 16.2 Å². The molecule has 0 aliphatic rings. The average molecular weight is 483 g/mol. The van der Waals surface area contributed by atoms with Gasteiger partial charge in [0.15, 0.2) is 5.78 Å². The van der Waals surface area contributed by atoms with Crippen LogP contribution in [0.1, 0.15) is 28.0 Å². The van der Waals surface area contributed by atoms with E-state index in [9.17, 15) is 26.4 Å². The number of carbonyl (C=O) groups is 1. The van der Waals surface area contributed by atoms with E-state index in [1.54, 1.807) is 25.1 Å². The maximum absolute atomic E-state index is 13.6. The smallest absolute Gasteiger partial charge is 0.291 e. The van der Waals surface area contributed by atoms with Gasteiger partial charge >= 0.3 is 6.18 Å². The maximum Gasteiger partial charge on any atom is 0.418 e. The quantitative estimate of drug-likeness (QED) is 0.356. The number of rotatable bonds is 5. The predicted octanol–water partition coefficient (Wildman–Crippen LogP) is 5.36. The summed E-state index contributed by atoms with van der Waals surface area (Å²) < 4.78 is 68.5. The van der Waals surface area contributed by atoms with Crippen molar-refractivity contribution in [2.24, 2.45) is 0 Å². The van der Waals surface area contributed by atoms with Crippen molar-refractivity contribution >= 4 is 26.7 Å². The van der Waals surface area contributed by atoms with Crippen LogP contribution in [0.15, 0.2) is 71.8 Å². The first-order chi connectivity index (χ1) is 16.0. The van der Waals surface area contributed by atoms with E-state index in [0.717, 1.165) is 21.7 Å². The molecule has 0 amide bonds. The van der Waals surface area contributed by atoms with E-state index < -0.39 is 34.0 Å². The van der Waals surface area contributed by atoms with Crippen molar-refractivity contribution < 1.29 is 26.4 Å². The fourth-order valence-electron chi connectivity index (χ4n) is 3.62. The van der Waals surface area contributed by atoms with Crippen molar-refractivity contribution in [2.45, 2.75) is 24.4 Å². The highest BCUT2D eigenvalue weighted by atomic mass is 32.2. The number of Topliss-reactive ketones (excluding diaryl/α,β-unsaturated/α-hetero) is 1. The normalized spacial score (nSPS) is 12.0. The summed E-state index contributed by atoms with van der Waals surface area (Å²) in [5, 5.41) is 9.28. The Morgan fingerprint density at radius 2 is 1.79 bits per heavy atom. The summed E-state index contributed by atoms with van der Waals surface area (Å²) in [6, 6.07) is 15.0. The Hall–Kier alpha value is -3.97. The summed E-state index contributed by atoms with van der Waals surface area (Å²) in [6.07, 6.45) is -4.04. The molecule has 0 N–H and O–H groups in total. The van der Waals surface area contributed by atoms with E-state index in [2.05, 4.69) is 4.98 Å². The molecule has 172 valence electrons. The summed E-state index contributed by atoms with van der Waals surface area (Å²) in [6.45, 7) is 1.78. The predicted molar refractivity (Wildman–Crippen MR) is 118 cm³/mol. The van der Waals surface area contributed by atoms with Gasteiger partial charge in [-0.1, -0.05) is 29.8 Å². The molecule has 10 heteroatoms. The molecule has 0 unspecified atom stereocenters. The van der Waals surface area contributed by atoms with Gasteiger partial charge < -0.3 is 0 Å². The Bertz CT molecular complexity index is 1570. The van der Waals surface area contributed by atoms with Crippen molar-refractivity contribution in [3.05, 3.63) is 83.7 Å². The number of fused-ring (bicyclic) bond motifs is 1. The highest BCUT2D eigenvalue weighted by molar-refractivity contribution is 7.90. The lowest BCUT2D eigenvalue weighted by Crippen LogP contribution is -2.18. The third-order valence-corrected chi connectivity index (χ3v) is 6.97. The first-order valence-electron chi connectivity index (χ1n) is 9.94. The van der Waals surface area contributed by atoms with E-state index in [1.165, 1.54) is 42.6 Å². The number of aromatic nitrogens is 2. The molecular weight excluding hydrogens is 467 g/mol. The van der Waals surface area contributed by atoms with Gasteiger partial charge in [-0.05, 0) is 43.3 Å². The molecule has 0 radical (unpaired) electrons. The van der Waals surface area contributed by atoms with E-state index >= 15 is 0 Å². The number of ketones is 1. The van der Waals surface area contributed by atoms with E-state index in [0.29, 0.717) is 5.39 Å². The van der Waals surface area contributed by atoms with E-state index in [4.69, 9.17) is 5.26 Å². The molecule has 0 bridgehead atoms. The third kappa shape index (κ3) is 4.06. The highest BCUT2D eigenvalue weighted by Crippen LogP contribution is 2.37. The largest absolute Gasteiger partial charge is 0.418 e. The Morgan fingerprint density at radius 1 is 1.09 bits per heavy atom. The van der Waals surface area contributed by atoms with Crippen molar-refractivity contribution in [1.82, 2.24) is 8.96 Å². The van der Waals surface area contributed by atoms with Crippen LogP contribution in [0.5, 0.6) is 0 Å². The van der Waals surface area contributed by atoms with Gasteiger partial charge in [0.25, 0.3) is 10.0 Å². The molecule has 0 fully saturated rings. The molecule has 2 aromatic heterocycles. The molecule has 0 atom stereocenters. The van der Waals surface area contributed by atoms with Crippen LogP contribution in [0.4, 0.5) is 13.2 Å². The van der Waals surface area contributed by atoms with Gasteiger partial charge in [0, 0.05) is 17.1 Å². The molecule has 4 aromatic rings. The number of alkyl halides is 3. The molecule has 0 spiro atoms. The Kier molecular flexibility index (Phi) is 5.75. The summed E-state index contributed by atoms with van der Waals surface area (Å²) >= 11 is 0. The maximum atomic E-state index is 13.6. The summed E-state index contributed by atoms with van der Waals surface area (Å²) in [5.74, 6) is -0.732. The zero-order valence-electron chi connectivity index (χ0n) is 17.7. The van der Waals surface area contributed by atoms with Crippen LogP contribution in [0.2, 0.25) is 0 Å². The molecule has 0 aliphatic carbocycles. The monoisotopic (exact) mass is 483 g/mol. The minimum atomic E-state index is -4.68. The third-order valence-electron chi connectivity index (χ3n) is 5.23. The van der Waals surface area contributed by atoms with Crippen LogP contribution >= 0.6 is 0 Å². The molecule has 0 aliphatic heterocycles. The summed E-state index contributed by atoms with van der Waals surface area (Å²) in [4.78, 5) is 16.4. The molecule has 34 heavy (non-hydrogen) atoms. The zero-order valence-corrected chi connectivity index (χ0v) is 18.5. The SMILES string of the molecule is Cc1ccc(S(=O)(=O)n2c(C(=O)CC#N)cc3ccc(-c4ncccc4C(F)(F)F)cc32)cc1. The highest BCUT2D eigenvalue weighted by Gasteiger charge is 2.34. The van der Waals surface area contributed by atoms with Gasteiger partial charge in [-0.2, -0.15) is 18.4 Å². The van der Waals surface area contributed by atoms with Crippen molar-refractivity contribution in [3.8, 4) is 17.3 Å². The molecule has 0 saturated heterocycles. The van der Waals surface area contributed by atoms with Crippen LogP contribution < -0.4 is 0 Å². The number of benzene rings is 2. The van der Waals surface area contributed by atoms with Crippen LogP contribution in [0.25, 0.3) is 22.2 Å². The van der Waals surface area contributed by atoms with Crippen molar-refractivity contribution in [2.75, 3.05) is 0 Å². The zero-order chi connectivity index (χ0) is 24.7. The van der Waals surface area contributed by atoms with E-state index in [1.807, 2.05) is 0 Å². The number of nitrogens with zero attached hydrogens (tertiary/aromatic N) is 3. The molecule has 0 saturated carbocycles. The number of pyridine rings is 1. The second kappa shape index (κ2) is 8.43. The molecule has 2 aromatic carbocycles. The number of halogens is 3. The lowest BCUT2D eigenvalue weighted by Gasteiger charge is -2.13. The molecule has 6 nitrogen and oxygen atoms in total. The van der Waals surface area contributed by atoms with Gasteiger partial charge in [0.2, 0.25) is 0 Å². The second-order valence-electron chi connectivity index (χ2n) is 7.54. The average Bonchev–Trinajstić information content (AvgIpc) is 3.19. The first kappa shape index (κ1) is 23.2. The van der Waals surface area contributed by atoms with Gasteiger partial charge in [-0.15, -0.1) is 0 Å². The fourth-order valence-corrected chi connectivity index (χ4v) is 5.14. The van der Waals surface area contributed by atoms with Gasteiger partial charge in [0.1, 0.15) is 12.1 Å². The lowest BCUT2D eigenvalue weighted by molar-refractivity contribution is -0.137. The Labute approximate surface area is 193 Å². The Balaban J connectivity index is 2.03. The van der Waals surface area contributed by atoms with Crippen molar-refractivity contribution in [3.63, 3.8) is 0 Å². The van der Waals surface area contributed by atoms with Crippen molar-refractivity contribution in [1.29, 1.82) is 5.26 Å². The molecule has 4 rings (SSSR count). The van der Waals surface area contributed by atoms with Crippen LogP contribution in [-0.4, -0.2) is 23.2 Å². The Morgan fingerprint density at radius 3 is 2.44 bits per heavy atom. The van der Waals surface area contributed by atoms with Crippen LogP contribution in [0.3, 0.4) is 0 Å². The number of aryl methyl sites for hydroxylation is 1. The van der Waals surface area contributed by atoms with Gasteiger partial charge in [-0.3, -0.25) is 9.78 Å². The molecule has 2 heterocycles. The van der Waals surface area contributed by atoms with Gasteiger partial charge in [0.05, 0.1) is 27.7 Å². The minimum Gasteiger partial charge on any atom is -0.291 e. The fraction of sp³-hybridized carbons (Fsp3) is 0.125. The van der Waals surface area contributed by atoms with Crippen LogP contribution in [0, 0.1) is 18.3 Å². The number of nitriles is 1. The molecular formula is C24H16F3N3O3S. The lowest BCUT2D eigenvalue weighted by atomic mass is 10.0. The standard InChI is InChI=1S/C24H16F3N3O3S/c1-15-4-8-18(9-5-15)34(32,33)30-20-14-17(23-19(24(25,26)27)3-2-12-29-23)7-6-16(20)13-21(30)22(31)10-11-28/h2-9,12-14H,10H2,1H3. The summed E-state index contributed by atoms with van der Waals surface area (Å²) in [5.41, 5.74) is -0.770. The second-order valence-corrected chi connectivity index (χ2v) is 9.33.